The van der Waals surface area contributed by atoms with Crippen LogP contribution >= 0.6 is 11.8 Å². The fourth-order valence-electron chi connectivity index (χ4n) is 2.61. The SMILES string of the molecule is Cc1cccc(SCC(=O)c2cc(C)n(-c3ncn[nH]3)c2C)c1. The summed E-state index contributed by atoms with van der Waals surface area (Å²) < 4.78 is 1.91. The van der Waals surface area contributed by atoms with Gasteiger partial charge in [-0.15, -0.1) is 11.8 Å². The molecule has 0 saturated heterocycles. The normalized spacial score (nSPS) is 10.9. The zero-order valence-electron chi connectivity index (χ0n) is 13.3. The number of hydrogen-bond acceptors (Lipinski definition) is 4. The Bertz CT molecular complexity index is 836. The van der Waals surface area contributed by atoms with Crippen LogP contribution in [0.15, 0.2) is 41.6 Å². The van der Waals surface area contributed by atoms with Gasteiger partial charge in [-0.05, 0) is 39.0 Å². The lowest BCUT2D eigenvalue weighted by molar-refractivity contribution is 0.102. The molecule has 5 nitrogen and oxygen atoms in total. The Kier molecular flexibility index (Phi) is 4.34. The van der Waals surface area contributed by atoms with Crippen molar-refractivity contribution in [3.63, 3.8) is 0 Å². The second-order valence-electron chi connectivity index (χ2n) is 5.46. The third kappa shape index (κ3) is 3.22. The lowest BCUT2D eigenvalue weighted by Gasteiger charge is -2.05. The molecule has 118 valence electrons. The number of nitrogens with zero attached hydrogens (tertiary/aromatic N) is 3. The zero-order chi connectivity index (χ0) is 16.4. The number of aromatic nitrogens is 4. The first kappa shape index (κ1) is 15.6. The van der Waals surface area contributed by atoms with E-state index in [9.17, 15) is 4.79 Å². The van der Waals surface area contributed by atoms with Crippen LogP contribution in [0.25, 0.3) is 5.95 Å². The first-order valence-electron chi connectivity index (χ1n) is 7.33. The molecule has 0 atom stereocenters. The van der Waals surface area contributed by atoms with Gasteiger partial charge in [0.05, 0.1) is 5.75 Å². The van der Waals surface area contributed by atoms with Crippen molar-refractivity contribution in [2.24, 2.45) is 0 Å². The standard InChI is InChI=1S/C17H18N4OS/c1-11-5-4-6-14(7-11)23-9-16(22)15-8-12(2)21(13(15)3)17-18-10-19-20-17/h4-8,10H,9H2,1-3H3,(H,18,19,20). The van der Waals surface area contributed by atoms with Crippen molar-refractivity contribution in [2.45, 2.75) is 25.7 Å². The molecule has 0 radical (unpaired) electrons. The Labute approximate surface area is 139 Å². The molecule has 1 N–H and O–H groups in total. The topological polar surface area (TPSA) is 63.6 Å². The van der Waals surface area contributed by atoms with Gasteiger partial charge in [-0.3, -0.25) is 9.36 Å². The molecule has 0 unspecified atom stereocenters. The number of H-pyrrole nitrogens is 1. The second-order valence-corrected chi connectivity index (χ2v) is 6.51. The first-order chi connectivity index (χ1) is 11.1. The molecule has 0 aliphatic rings. The summed E-state index contributed by atoms with van der Waals surface area (Å²) in [5.74, 6) is 1.17. The van der Waals surface area contributed by atoms with Crippen molar-refractivity contribution in [1.82, 2.24) is 19.7 Å². The van der Waals surface area contributed by atoms with E-state index in [0.717, 1.165) is 21.8 Å². The summed E-state index contributed by atoms with van der Waals surface area (Å²) in [6, 6.07) is 10.1. The molecule has 23 heavy (non-hydrogen) atoms. The van der Waals surface area contributed by atoms with Crippen LogP contribution in [0.3, 0.4) is 0 Å². The molecule has 1 aromatic carbocycles. The summed E-state index contributed by atoms with van der Waals surface area (Å²) in [5.41, 5.74) is 3.78. The third-order valence-corrected chi connectivity index (χ3v) is 4.70. The molecule has 0 bridgehead atoms. The van der Waals surface area contributed by atoms with Crippen molar-refractivity contribution >= 4 is 17.5 Å². The molecule has 0 aliphatic heterocycles. The first-order valence-corrected chi connectivity index (χ1v) is 8.32. The van der Waals surface area contributed by atoms with Gasteiger partial charge in [0.15, 0.2) is 5.78 Å². The van der Waals surface area contributed by atoms with Gasteiger partial charge in [0.2, 0.25) is 5.95 Å². The highest BCUT2D eigenvalue weighted by atomic mass is 32.2. The number of rotatable bonds is 5. The molecule has 0 aliphatic carbocycles. The summed E-state index contributed by atoms with van der Waals surface area (Å²) >= 11 is 1.56. The van der Waals surface area contributed by atoms with Crippen LogP contribution in [0, 0.1) is 20.8 Å². The zero-order valence-corrected chi connectivity index (χ0v) is 14.1. The molecule has 0 amide bonds. The van der Waals surface area contributed by atoms with Crippen molar-refractivity contribution in [2.75, 3.05) is 5.75 Å². The fourth-order valence-corrected chi connectivity index (χ4v) is 3.51. The molecule has 0 spiro atoms. The van der Waals surface area contributed by atoms with Gasteiger partial charge in [-0.1, -0.05) is 17.7 Å². The molecule has 3 aromatic rings. The minimum atomic E-state index is 0.121. The average Bonchev–Trinajstić information content (AvgIpc) is 3.13. The number of aromatic amines is 1. The van der Waals surface area contributed by atoms with Crippen molar-refractivity contribution in [3.8, 4) is 5.95 Å². The molecule has 0 saturated carbocycles. The highest BCUT2D eigenvalue weighted by Crippen LogP contribution is 2.23. The van der Waals surface area contributed by atoms with Gasteiger partial charge < -0.3 is 0 Å². The Morgan fingerprint density at radius 1 is 1.26 bits per heavy atom. The van der Waals surface area contributed by atoms with Crippen LogP contribution in [0.1, 0.15) is 27.3 Å². The highest BCUT2D eigenvalue weighted by molar-refractivity contribution is 8.00. The van der Waals surface area contributed by atoms with Crippen molar-refractivity contribution in [3.05, 3.63) is 59.2 Å². The number of carbonyl (C=O) groups excluding carboxylic acids is 1. The fraction of sp³-hybridized carbons (Fsp3) is 0.235. The minimum absolute atomic E-state index is 0.121. The van der Waals surface area contributed by atoms with E-state index in [2.05, 4.69) is 34.2 Å². The number of nitrogens with one attached hydrogen (secondary N) is 1. The maximum absolute atomic E-state index is 12.6. The quantitative estimate of drug-likeness (QED) is 0.576. The van der Waals surface area contributed by atoms with E-state index >= 15 is 0 Å². The molecule has 2 heterocycles. The van der Waals surface area contributed by atoms with E-state index in [0.29, 0.717) is 11.7 Å². The Morgan fingerprint density at radius 3 is 2.78 bits per heavy atom. The van der Waals surface area contributed by atoms with Gasteiger partial charge in [0, 0.05) is 21.8 Å². The molecular weight excluding hydrogens is 308 g/mol. The lowest BCUT2D eigenvalue weighted by atomic mass is 10.2. The predicted molar refractivity (Wildman–Crippen MR) is 91.4 cm³/mol. The Hall–Kier alpha value is -2.34. The largest absolute Gasteiger partial charge is 0.293 e. The van der Waals surface area contributed by atoms with Gasteiger partial charge in [0.25, 0.3) is 0 Å². The van der Waals surface area contributed by atoms with E-state index in [1.54, 1.807) is 11.8 Å². The van der Waals surface area contributed by atoms with Crippen LogP contribution in [-0.2, 0) is 0 Å². The van der Waals surface area contributed by atoms with Gasteiger partial charge in [0.1, 0.15) is 6.33 Å². The van der Waals surface area contributed by atoms with Crippen LogP contribution in [0.4, 0.5) is 0 Å². The van der Waals surface area contributed by atoms with Crippen molar-refractivity contribution < 1.29 is 4.79 Å². The third-order valence-electron chi connectivity index (χ3n) is 3.71. The minimum Gasteiger partial charge on any atom is -0.293 e. The van der Waals surface area contributed by atoms with E-state index in [1.807, 2.05) is 36.6 Å². The number of aryl methyl sites for hydroxylation is 2. The second kappa shape index (κ2) is 6.42. The van der Waals surface area contributed by atoms with Crippen molar-refractivity contribution in [1.29, 1.82) is 0 Å². The summed E-state index contributed by atoms with van der Waals surface area (Å²) in [7, 11) is 0. The summed E-state index contributed by atoms with van der Waals surface area (Å²) in [5, 5.41) is 6.71. The van der Waals surface area contributed by atoms with E-state index in [4.69, 9.17) is 0 Å². The van der Waals surface area contributed by atoms with Gasteiger partial charge >= 0.3 is 0 Å². The summed E-state index contributed by atoms with van der Waals surface area (Å²) in [4.78, 5) is 17.9. The maximum atomic E-state index is 12.6. The van der Waals surface area contributed by atoms with E-state index in [-0.39, 0.29) is 5.78 Å². The molecular formula is C17H18N4OS. The molecule has 2 aromatic heterocycles. The van der Waals surface area contributed by atoms with E-state index in [1.165, 1.54) is 11.9 Å². The lowest BCUT2D eigenvalue weighted by Crippen LogP contribution is -2.06. The summed E-state index contributed by atoms with van der Waals surface area (Å²) in [6.07, 6.45) is 1.46. The number of hydrogen-bond donors (Lipinski definition) is 1. The number of Topliss-reactive ketones (excluding diaryl/α,β-unsaturated/α-hetero) is 1. The molecule has 0 fully saturated rings. The smallest absolute Gasteiger partial charge is 0.229 e. The number of benzene rings is 1. The average molecular weight is 326 g/mol. The number of carbonyl (C=O) groups is 1. The van der Waals surface area contributed by atoms with Gasteiger partial charge in [-0.25, -0.2) is 5.10 Å². The monoisotopic (exact) mass is 326 g/mol. The van der Waals surface area contributed by atoms with Crippen LogP contribution in [0.2, 0.25) is 0 Å². The summed E-state index contributed by atoms with van der Waals surface area (Å²) in [6.45, 7) is 5.94. The predicted octanol–water partition coefficient (Wildman–Crippen LogP) is 3.50. The highest BCUT2D eigenvalue weighted by Gasteiger charge is 2.17. The van der Waals surface area contributed by atoms with Crippen LogP contribution in [0.5, 0.6) is 0 Å². The molecule has 6 heteroatoms. The number of ketones is 1. The maximum Gasteiger partial charge on any atom is 0.229 e. The Morgan fingerprint density at radius 2 is 2.09 bits per heavy atom. The van der Waals surface area contributed by atoms with Crippen LogP contribution in [-0.4, -0.2) is 31.3 Å². The van der Waals surface area contributed by atoms with E-state index < -0.39 is 0 Å². The number of thioether (sulfide) groups is 1. The van der Waals surface area contributed by atoms with Crippen LogP contribution < -0.4 is 0 Å². The van der Waals surface area contributed by atoms with Gasteiger partial charge in [-0.2, -0.15) is 10.1 Å². The Balaban J connectivity index is 1.79. The molecule has 3 rings (SSSR count).